The molecule has 0 aliphatic heterocycles. The van der Waals surface area contributed by atoms with Crippen molar-refractivity contribution in [2.24, 2.45) is 0 Å². The predicted octanol–water partition coefficient (Wildman–Crippen LogP) is 1.97. The summed E-state index contributed by atoms with van der Waals surface area (Å²) in [6, 6.07) is 12.0. The Bertz CT molecular complexity index is 860. The maximum absolute atomic E-state index is 12.2. The Hall–Kier alpha value is -2.74. The summed E-state index contributed by atoms with van der Waals surface area (Å²) in [7, 11) is -3.49. The third kappa shape index (κ3) is 4.39. The van der Waals surface area contributed by atoms with Crippen LogP contribution in [0.2, 0.25) is 0 Å². The smallest absolute Gasteiger partial charge is 0.269 e. The van der Waals surface area contributed by atoms with Gasteiger partial charge in [0.1, 0.15) is 0 Å². The van der Waals surface area contributed by atoms with Crippen LogP contribution in [0.1, 0.15) is 15.9 Å². The minimum atomic E-state index is -3.49. The van der Waals surface area contributed by atoms with Gasteiger partial charge < -0.3 is 5.32 Å². The van der Waals surface area contributed by atoms with Crippen molar-refractivity contribution in [1.29, 1.82) is 0 Å². The zero-order chi connectivity index (χ0) is 17.7. The lowest BCUT2D eigenvalue weighted by molar-refractivity contribution is -0.384. The fraction of sp³-hybridized carbons (Fsp3) is 0.188. The summed E-state index contributed by atoms with van der Waals surface area (Å²) in [5.41, 5.74) is 0.936. The summed E-state index contributed by atoms with van der Waals surface area (Å²) in [4.78, 5) is 22.3. The Balaban J connectivity index is 2.00. The highest BCUT2D eigenvalue weighted by molar-refractivity contribution is 7.90. The van der Waals surface area contributed by atoms with Crippen LogP contribution in [0.4, 0.5) is 5.69 Å². The van der Waals surface area contributed by atoms with Crippen molar-refractivity contribution in [3.63, 3.8) is 0 Å². The molecule has 0 atom stereocenters. The first kappa shape index (κ1) is 17.6. The Labute approximate surface area is 139 Å². The minimum Gasteiger partial charge on any atom is -0.352 e. The Morgan fingerprint density at radius 1 is 1.12 bits per heavy atom. The van der Waals surface area contributed by atoms with Crippen LogP contribution in [0.15, 0.2) is 53.4 Å². The lowest BCUT2D eigenvalue weighted by atomic mass is 10.1. The maximum atomic E-state index is 12.2. The number of benzene rings is 2. The number of hydrogen-bond donors (Lipinski definition) is 1. The third-order valence-electron chi connectivity index (χ3n) is 3.38. The van der Waals surface area contributed by atoms with Gasteiger partial charge in [0, 0.05) is 24.9 Å². The van der Waals surface area contributed by atoms with Crippen LogP contribution in [0, 0.1) is 10.1 Å². The fourth-order valence-electron chi connectivity index (χ4n) is 2.18. The number of sulfone groups is 1. The molecule has 0 aromatic heterocycles. The number of carbonyl (C=O) groups is 1. The van der Waals surface area contributed by atoms with Crippen molar-refractivity contribution in [3.8, 4) is 0 Å². The number of rotatable bonds is 6. The van der Waals surface area contributed by atoms with Crippen LogP contribution in [0.5, 0.6) is 0 Å². The lowest BCUT2D eigenvalue weighted by Gasteiger charge is -2.09. The molecule has 1 amide bonds. The average molecular weight is 348 g/mol. The molecular formula is C16H16N2O5S. The largest absolute Gasteiger partial charge is 0.352 e. The zero-order valence-corrected chi connectivity index (χ0v) is 13.7. The molecule has 2 rings (SSSR count). The van der Waals surface area contributed by atoms with E-state index in [4.69, 9.17) is 0 Å². The van der Waals surface area contributed by atoms with Crippen LogP contribution in [-0.2, 0) is 16.3 Å². The molecule has 0 radical (unpaired) electrons. The van der Waals surface area contributed by atoms with Crippen LogP contribution in [0.25, 0.3) is 0 Å². The molecule has 0 saturated carbocycles. The van der Waals surface area contributed by atoms with Crippen molar-refractivity contribution in [3.05, 3.63) is 69.8 Å². The van der Waals surface area contributed by atoms with Crippen molar-refractivity contribution in [2.75, 3.05) is 12.8 Å². The van der Waals surface area contributed by atoms with Gasteiger partial charge in [0.15, 0.2) is 9.84 Å². The van der Waals surface area contributed by atoms with E-state index in [1.807, 2.05) is 0 Å². The molecule has 2 aromatic carbocycles. The van der Waals surface area contributed by atoms with E-state index in [0.717, 1.165) is 11.8 Å². The van der Waals surface area contributed by atoms with Crippen LogP contribution >= 0.6 is 0 Å². The minimum absolute atomic E-state index is 0.00450. The van der Waals surface area contributed by atoms with E-state index in [0.29, 0.717) is 6.42 Å². The summed E-state index contributed by atoms with van der Waals surface area (Å²) in [5.74, 6) is -0.474. The van der Waals surface area contributed by atoms with Crippen molar-refractivity contribution >= 4 is 21.4 Å². The van der Waals surface area contributed by atoms with Gasteiger partial charge in [-0.1, -0.05) is 24.3 Å². The molecule has 2 aromatic rings. The van der Waals surface area contributed by atoms with E-state index in [2.05, 4.69) is 5.32 Å². The van der Waals surface area contributed by atoms with Crippen LogP contribution < -0.4 is 5.32 Å². The summed E-state index contributed by atoms with van der Waals surface area (Å²) in [6.45, 7) is 0.286. The molecular weight excluding hydrogens is 332 g/mol. The first-order chi connectivity index (χ1) is 11.3. The molecule has 0 fully saturated rings. The van der Waals surface area contributed by atoms with Gasteiger partial charge in [-0.05, 0) is 24.1 Å². The van der Waals surface area contributed by atoms with Gasteiger partial charge in [0.2, 0.25) is 0 Å². The second-order valence-corrected chi connectivity index (χ2v) is 7.18. The number of non-ortho nitro benzene ring substituents is 1. The third-order valence-corrected chi connectivity index (χ3v) is 4.53. The maximum Gasteiger partial charge on any atom is 0.269 e. The van der Waals surface area contributed by atoms with E-state index in [-0.39, 0.29) is 22.7 Å². The highest BCUT2D eigenvalue weighted by Crippen LogP contribution is 2.15. The standard InChI is InChI=1S/C16H16N2O5S/c1-24(22,23)15-5-3-2-4-14(15)16(19)17-11-10-12-6-8-13(9-7-12)18(20)21/h2-9H,10-11H2,1H3,(H,17,19). The number of nitrogens with zero attached hydrogens (tertiary/aromatic N) is 1. The normalized spacial score (nSPS) is 11.0. The molecule has 0 heterocycles. The molecule has 0 aliphatic carbocycles. The zero-order valence-electron chi connectivity index (χ0n) is 12.9. The SMILES string of the molecule is CS(=O)(=O)c1ccccc1C(=O)NCCc1ccc([N+](=O)[O-])cc1. The van der Waals surface area contributed by atoms with Crippen molar-refractivity contribution in [1.82, 2.24) is 5.32 Å². The summed E-state index contributed by atoms with van der Waals surface area (Å²) < 4.78 is 23.4. The molecule has 1 N–H and O–H groups in total. The topological polar surface area (TPSA) is 106 Å². The molecule has 0 saturated heterocycles. The fourth-order valence-corrected chi connectivity index (χ4v) is 3.06. The molecule has 8 heteroatoms. The number of nitro groups is 1. The van der Waals surface area contributed by atoms with Crippen molar-refractivity contribution in [2.45, 2.75) is 11.3 Å². The first-order valence-electron chi connectivity index (χ1n) is 7.09. The second-order valence-electron chi connectivity index (χ2n) is 5.20. The quantitative estimate of drug-likeness (QED) is 0.634. The number of nitrogens with one attached hydrogen (secondary N) is 1. The molecule has 0 unspecified atom stereocenters. The van der Waals surface area contributed by atoms with Gasteiger partial charge in [-0.2, -0.15) is 0 Å². The second kappa shape index (κ2) is 7.22. The number of hydrogen-bond acceptors (Lipinski definition) is 5. The van der Waals surface area contributed by atoms with Gasteiger partial charge in [0.05, 0.1) is 15.4 Å². The van der Waals surface area contributed by atoms with Gasteiger partial charge in [-0.15, -0.1) is 0 Å². The van der Waals surface area contributed by atoms with Crippen LogP contribution in [-0.4, -0.2) is 32.0 Å². The Morgan fingerprint density at radius 2 is 1.75 bits per heavy atom. The number of carbonyl (C=O) groups excluding carboxylic acids is 1. The molecule has 0 aliphatic rings. The Kier molecular flexibility index (Phi) is 5.30. The monoisotopic (exact) mass is 348 g/mol. The van der Waals surface area contributed by atoms with E-state index in [9.17, 15) is 23.3 Å². The molecule has 0 spiro atoms. The molecule has 0 bridgehead atoms. The lowest BCUT2D eigenvalue weighted by Crippen LogP contribution is -2.27. The highest BCUT2D eigenvalue weighted by Gasteiger charge is 2.17. The average Bonchev–Trinajstić information content (AvgIpc) is 2.54. The molecule has 24 heavy (non-hydrogen) atoms. The van der Waals surface area contributed by atoms with Crippen molar-refractivity contribution < 1.29 is 18.1 Å². The Morgan fingerprint density at radius 3 is 2.33 bits per heavy atom. The highest BCUT2D eigenvalue weighted by atomic mass is 32.2. The molecule has 7 nitrogen and oxygen atoms in total. The van der Waals surface area contributed by atoms with E-state index >= 15 is 0 Å². The van der Waals surface area contributed by atoms with Gasteiger partial charge in [-0.3, -0.25) is 14.9 Å². The van der Waals surface area contributed by atoms with E-state index < -0.39 is 20.7 Å². The van der Waals surface area contributed by atoms with Gasteiger partial charge in [-0.25, -0.2) is 8.42 Å². The summed E-state index contributed by atoms with van der Waals surface area (Å²) >= 11 is 0. The van der Waals surface area contributed by atoms with Gasteiger partial charge >= 0.3 is 0 Å². The number of amides is 1. The number of nitro benzene ring substituents is 1. The van der Waals surface area contributed by atoms with E-state index in [1.165, 1.54) is 24.3 Å². The summed E-state index contributed by atoms with van der Waals surface area (Å²) in [6.07, 6.45) is 1.53. The predicted molar refractivity (Wildman–Crippen MR) is 88.7 cm³/mol. The summed E-state index contributed by atoms with van der Waals surface area (Å²) in [5, 5.41) is 13.2. The van der Waals surface area contributed by atoms with Crippen LogP contribution in [0.3, 0.4) is 0 Å². The van der Waals surface area contributed by atoms with E-state index in [1.54, 1.807) is 24.3 Å². The van der Waals surface area contributed by atoms with Gasteiger partial charge in [0.25, 0.3) is 11.6 Å². The first-order valence-corrected chi connectivity index (χ1v) is 8.99. The molecule has 126 valence electrons.